The van der Waals surface area contributed by atoms with Gasteiger partial charge in [0, 0.05) is 6.54 Å². The lowest BCUT2D eigenvalue weighted by molar-refractivity contribution is 0.108. The normalized spacial score (nSPS) is 9.55. The van der Waals surface area contributed by atoms with Gasteiger partial charge in [0.2, 0.25) is 0 Å². The maximum absolute atomic E-state index is 10.4. The first kappa shape index (κ1) is 7.65. The molecule has 0 N–H and O–H groups in total. The van der Waals surface area contributed by atoms with Gasteiger partial charge in [-0.05, 0) is 6.92 Å². The minimum Gasteiger partial charge on any atom is -0.328 e. The van der Waals surface area contributed by atoms with Crippen LogP contribution in [0.1, 0.15) is 27.9 Å². The smallest absolute Gasteiger partial charge is 0.170 e. The second-order valence-electron chi connectivity index (χ2n) is 2.04. The Kier molecular flexibility index (Phi) is 2.15. The van der Waals surface area contributed by atoms with Gasteiger partial charge in [0.25, 0.3) is 0 Å². The van der Waals surface area contributed by atoms with Crippen LogP contribution in [-0.2, 0) is 6.54 Å². The Morgan fingerprint density at radius 1 is 1.55 bits per heavy atom. The summed E-state index contributed by atoms with van der Waals surface area (Å²) in [5.74, 6) is 0. The average Bonchev–Trinajstić information content (AvgIpc) is 2.45. The zero-order chi connectivity index (χ0) is 8.27. The van der Waals surface area contributed by atoms with E-state index in [1.165, 1.54) is 6.33 Å². The summed E-state index contributed by atoms with van der Waals surface area (Å²) in [7, 11) is 0. The minimum absolute atomic E-state index is 0.210. The largest absolute Gasteiger partial charge is 0.328 e. The van der Waals surface area contributed by atoms with Crippen molar-refractivity contribution in [2.24, 2.45) is 0 Å². The van der Waals surface area contributed by atoms with Gasteiger partial charge in [0.15, 0.2) is 12.6 Å². The molecule has 11 heavy (non-hydrogen) atoms. The maximum Gasteiger partial charge on any atom is 0.170 e. The molecule has 0 atom stereocenters. The number of hydrogen-bond acceptors (Lipinski definition) is 3. The molecule has 0 saturated heterocycles. The number of hydrogen-bond donors (Lipinski definition) is 0. The zero-order valence-electron chi connectivity index (χ0n) is 6.15. The van der Waals surface area contributed by atoms with Crippen LogP contribution in [0.15, 0.2) is 6.33 Å². The topological polar surface area (TPSA) is 52.0 Å². The van der Waals surface area contributed by atoms with Crippen molar-refractivity contribution in [3.63, 3.8) is 0 Å². The maximum atomic E-state index is 10.4. The molecule has 0 fully saturated rings. The number of carbonyl (C=O) groups excluding carboxylic acids is 2. The zero-order valence-corrected chi connectivity index (χ0v) is 6.15. The van der Waals surface area contributed by atoms with Crippen LogP contribution in [0.2, 0.25) is 0 Å². The molecular weight excluding hydrogens is 144 g/mol. The first-order valence-electron chi connectivity index (χ1n) is 3.29. The van der Waals surface area contributed by atoms with Gasteiger partial charge in [-0.15, -0.1) is 0 Å². The first-order chi connectivity index (χ1) is 5.33. The molecule has 0 aromatic carbocycles. The van der Waals surface area contributed by atoms with Crippen molar-refractivity contribution in [1.29, 1.82) is 0 Å². The molecular formula is C7H8N2O2. The van der Waals surface area contributed by atoms with Crippen LogP contribution in [0.3, 0.4) is 0 Å². The van der Waals surface area contributed by atoms with Crippen molar-refractivity contribution in [3.8, 4) is 0 Å². The molecule has 1 heterocycles. The fourth-order valence-corrected chi connectivity index (χ4v) is 0.878. The van der Waals surface area contributed by atoms with Crippen LogP contribution < -0.4 is 0 Å². The van der Waals surface area contributed by atoms with Crippen molar-refractivity contribution in [2.75, 3.05) is 0 Å². The minimum atomic E-state index is 0.210. The summed E-state index contributed by atoms with van der Waals surface area (Å²) < 4.78 is 1.62. The first-order valence-corrected chi connectivity index (χ1v) is 3.29. The predicted octanol–water partition coefficient (Wildman–Crippen LogP) is 0.528. The molecule has 0 aliphatic heterocycles. The molecule has 0 unspecified atom stereocenters. The summed E-state index contributed by atoms with van der Waals surface area (Å²) in [5, 5.41) is 0. The van der Waals surface area contributed by atoms with Crippen molar-refractivity contribution in [2.45, 2.75) is 13.5 Å². The highest BCUT2D eigenvalue weighted by molar-refractivity contribution is 5.86. The quantitative estimate of drug-likeness (QED) is 0.593. The van der Waals surface area contributed by atoms with E-state index in [2.05, 4.69) is 4.98 Å². The average molecular weight is 152 g/mol. The fraction of sp³-hybridized carbons (Fsp3) is 0.286. The Balaban J connectivity index is 3.18. The standard InChI is InChI=1S/C7H8N2O2/c1-2-9-5-8-6(3-10)7(9)4-11/h3-5H,2H2,1H3. The van der Waals surface area contributed by atoms with Crippen molar-refractivity contribution in [3.05, 3.63) is 17.7 Å². The van der Waals surface area contributed by atoms with Crippen molar-refractivity contribution in [1.82, 2.24) is 9.55 Å². The molecule has 0 amide bonds. The molecule has 0 bridgehead atoms. The lowest BCUT2D eigenvalue weighted by Crippen LogP contribution is -1.99. The number of aldehydes is 2. The monoisotopic (exact) mass is 152 g/mol. The molecule has 0 spiro atoms. The summed E-state index contributed by atoms with van der Waals surface area (Å²) in [4.78, 5) is 24.4. The SMILES string of the molecule is CCn1cnc(C=O)c1C=O. The van der Waals surface area contributed by atoms with Crippen LogP contribution in [-0.4, -0.2) is 22.1 Å². The van der Waals surface area contributed by atoms with Crippen LogP contribution in [0.4, 0.5) is 0 Å². The van der Waals surface area contributed by atoms with E-state index in [9.17, 15) is 9.59 Å². The Morgan fingerprint density at radius 3 is 2.73 bits per heavy atom. The van der Waals surface area contributed by atoms with Crippen LogP contribution in [0.25, 0.3) is 0 Å². The van der Waals surface area contributed by atoms with E-state index in [1.807, 2.05) is 6.92 Å². The van der Waals surface area contributed by atoms with Gasteiger partial charge in [-0.2, -0.15) is 0 Å². The van der Waals surface area contributed by atoms with Crippen molar-refractivity contribution >= 4 is 12.6 Å². The third kappa shape index (κ3) is 1.19. The van der Waals surface area contributed by atoms with E-state index in [0.717, 1.165) is 0 Å². The highest BCUT2D eigenvalue weighted by Crippen LogP contribution is 2.01. The van der Waals surface area contributed by atoms with E-state index < -0.39 is 0 Å². The van der Waals surface area contributed by atoms with Crippen LogP contribution in [0.5, 0.6) is 0 Å². The molecule has 1 aromatic heterocycles. The molecule has 4 nitrogen and oxygen atoms in total. The molecule has 0 aliphatic rings. The molecule has 1 rings (SSSR count). The summed E-state index contributed by atoms with van der Waals surface area (Å²) in [6, 6.07) is 0. The molecule has 4 heteroatoms. The summed E-state index contributed by atoms with van der Waals surface area (Å²) in [6.45, 7) is 2.53. The number of nitrogens with zero attached hydrogens (tertiary/aromatic N) is 2. The lowest BCUT2D eigenvalue weighted by atomic mass is 10.3. The van der Waals surface area contributed by atoms with Gasteiger partial charge in [-0.1, -0.05) is 0 Å². The molecule has 1 aromatic rings. The Hall–Kier alpha value is -1.45. The fourth-order valence-electron chi connectivity index (χ4n) is 0.878. The van der Waals surface area contributed by atoms with Crippen molar-refractivity contribution < 1.29 is 9.59 Å². The number of carbonyl (C=O) groups is 2. The van der Waals surface area contributed by atoms with Gasteiger partial charge in [0.05, 0.1) is 6.33 Å². The Morgan fingerprint density at radius 2 is 2.27 bits per heavy atom. The Bertz CT molecular complexity index is 278. The Labute approximate surface area is 63.9 Å². The number of aryl methyl sites for hydroxylation is 1. The highest BCUT2D eigenvalue weighted by Gasteiger charge is 2.06. The summed E-state index contributed by atoms with van der Waals surface area (Å²) >= 11 is 0. The third-order valence-electron chi connectivity index (χ3n) is 1.47. The van der Waals surface area contributed by atoms with Crippen LogP contribution >= 0.6 is 0 Å². The molecule has 0 aliphatic carbocycles. The van der Waals surface area contributed by atoms with E-state index in [4.69, 9.17) is 0 Å². The van der Waals surface area contributed by atoms with Gasteiger partial charge < -0.3 is 4.57 Å². The second kappa shape index (κ2) is 3.09. The highest BCUT2D eigenvalue weighted by atomic mass is 16.1. The van der Waals surface area contributed by atoms with Gasteiger partial charge in [-0.25, -0.2) is 4.98 Å². The molecule has 58 valence electrons. The van der Waals surface area contributed by atoms with Crippen LogP contribution in [0, 0.1) is 0 Å². The number of imidazole rings is 1. The molecule has 0 saturated carbocycles. The second-order valence-corrected chi connectivity index (χ2v) is 2.04. The van der Waals surface area contributed by atoms with E-state index in [-0.39, 0.29) is 5.69 Å². The number of rotatable bonds is 3. The third-order valence-corrected chi connectivity index (χ3v) is 1.47. The van der Waals surface area contributed by atoms with Gasteiger partial charge >= 0.3 is 0 Å². The molecule has 0 radical (unpaired) electrons. The van der Waals surface area contributed by atoms with Gasteiger partial charge in [0.1, 0.15) is 11.4 Å². The summed E-state index contributed by atoms with van der Waals surface area (Å²) in [6.07, 6.45) is 2.70. The van der Waals surface area contributed by atoms with Gasteiger partial charge in [-0.3, -0.25) is 9.59 Å². The predicted molar refractivity (Wildman–Crippen MR) is 38.7 cm³/mol. The van der Waals surface area contributed by atoms with E-state index in [0.29, 0.717) is 24.8 Å². The lowest BCUT2D eigenvalue weighted by Gasteiger charge is -1.95. The summed E-state index contributed by atoms with van der Waals surface area (Å²) in [5.41, 5.74) is 0.560. The van der Waals surface area contributed by atoms with E-state index in [1.54, 1.807) is 4.57 Å². The number of aromatic nitrogens is 2. The van der Waals surface area contributed by atoms with E-state index >= 15 is 0 Å².